The van der Waals surface area contributed by atoms with Crippen LogP contribution in [0.2, 0.25) is 5.02 Å². The van der Waals surface area contributed by atoms with E-state index in [1.807, 2.05) is 75.4 Å². The molecule has 7 nitrogen and oxygen atoms in total. The molecule has 0 aliphatic rings. The number of halogens is 1. The maximum Gasteiger partial charge on any atom is 0.244 e. The predicted molar refractivity (Wildman–Crippen MR) is 162 cm³/mol. The van der Waals surface area contributed by atoms with Gasteiger partial charge in [0.2, 0.25) is 21.8 Å². The number of hydrogen-bond acceptors (Lipinski definition) is 4. The van der Waals surface area contributed by atoms with Crippen LogP contribution in [0.1, 0.15) is 42.5 Å². The summed E-state index contributed by atoms with van der Waals surface area (Å²) in [6, 6.07) is 21.2. The van der Waals surface area contributed by atoms with E-state index in [-0.39, 0.29) is 24.9 Å². The van der Waals surface area contributed by atoms with E-state index >= 15 is 0 Å². The van der Waals surface area contributed by atoms with Gasteiger partial charge in [-0.3, -0.25) is 13.9 Å². The second kappa shape index (κ2) is 13.8. The summed E-state index contributed by atoms with van der Waals surface area (Å²) in [5, 5.41) is 3.38. The molecule has 3 aromatic carbocycles. The third kappa shape index (κ3) is 8.57. The van der Waals surface area contributed by atoms with Crippen molar-refractivity contribution in [1.29, 1.82) is 0 Å². The smallest absolute Gasteiger partial charge is 0.244 e. The van der Waals surface area contributed by atoms with Crippen molar-refractivity contribution in [3.8, 4) is 0 Å². The third-order valence-electron chi connectivity index (χ3n) is 6.86. The highest BCUT2D eigenvalue weighted by atomic mass is 35.5. The fraction of sp³-hybridized carbons (Fsp3) is 0.355. The lowest BCUT2D eigenvalue weighted by Crippen LogP contribution is -2.54. The van der Waals surface area contributed by atoms with Gasteiger partial charge in [-0.25, -0.2) is 8.42 Å². The lowest BCUT2D eigenvalue weighted by molar-refractivity contribution is -0.140. The molecule has 0 unspecified atom stereocenters. The van der Waals surface area contributed by atoms with Crippen LogP contribution in [-0.4, -0.2) is 50.0 Å². The van der Waals surface area contributed by atoms with Gasteiger partial charge >= 0.3 is 0 Å². The average Bonchev–Trinajstić information content (AvgIpc) is 2.91. The van der Waals surface area contributed by atoms with Crippen LogP contribution in [0.5, 0.6) is 0 Å². The lowest BCUT2D eigenvalue weighted by Gasteiger charge is -2.34. The Morgan fingerprint density at radius 2 is 1.60 bits per heavy atom. The summed E-state index contributed by atoms with van der Waals surface area (Å²) in [6.45, 7) is 7.28. The van der Waals surface area contributed by atoms with E-state index < -0.39 is 28.5 Å². The van der Waals surface area contributed by atoms with Crippen molar-refractivity contribution in [3.63, 3.8) is 0 Å². The first-order chi connectivity index (χ1) is 18.9. The molecule has 40 heavy (non-hydrogen) atoms. The Labute approximate surface area is 243 Å². The number of aryl methyl sites for hydroxylation is 2. The van der Waals surface area contributed by atoms with Crippen molar-refractivity contribution in [3.05, 3.63) is 100 Å². The van der Waals surface area contributed by atoms with Gasteiger partial charge in [0.05, 0.1) is 11.9 Å². The standard InChI is InChI=1S/C31H38ClN3O4S/c1-6-24(4)33-31(37)29(18-25-10-8-7-9-11-25)34(20-26-15-12-22(2)13-16-26)30(36)21-35(40(5,38)39)28-19-27(32)17-14-23(28)3/h7-17,19,24,29H,6,18,20-21H2,1-5H3,(H,33,37)/t24-,29-/m1/s1. The first-order valence-electron chi connectivity index (χ1n) is 13.3. The van der Waals surface area contributed by atoms with Crippen molar-refractivity contribution in [2.75, 3.05) is 17.1 Å². The maximum atomic E-state index is 14.1. The molecule has 0 spiro atoms. The van der Waals surface area contributed by atoms with Crippen LogP contribution in [0, 0.1) is 13.8 Å². The van der Waals surface area contributed by atoms with Crippen LogP contribution in [0.25, 0.3) is 0 Å². The Kier molecular flexibility index (Phi) is 10.8. The zero-order valence-corrected chi connectivity index (χ0v) is 25.3. The second-order valence-corrected chi connectivity index (χ2v) is 12.6. The number of amides is 2. The summed E-state index contributed by atoms with van der Waals surface area (Å²) in [6.07, 6.45) is 2.06. The van der Waals surface area contributed by atoms with Gasteiger partial charge in [-0.1, -0.05) is 84.8 Å². The monoisotopic (exact) mass is 583 g/mol. The average molecular weight is 584 g/mol. The molecule has 0 saturated carbocycles. The molecular weight excluding hydrogens is 546 g/mol. The number of sulfonamides is 1. The largest absolute Gasteiger partial charge is 0.352 e. The van der Waals surface area contributed by atoms with Crippen LogP contribution in [0.4, 0.5) is 5.69 Å². The molecule has 0 aliphatic heterocycles. The first-order valence-corrected chi connectivity index (χ1v) is 15.5. The molecule has 3 rings (SSSR count). The van der Waals surface area contributed by atoms with E-state index in [2.05, 4.69) is 5.32 Å². The molecule has 0 heterocycles. The highest BCUT2D eigenvalue weighted by Gasteiger charge is 2.33. The van der Waals surface area contributed by atoms with Gasteiger partial charge < -0.3 is 10.2 Å². The number of nitrogens with one attached hydrogen (secondary N) is 1. The fourth-order valence-electron chi connectivity index (χ4n) is 4.33. The van der Waals surface area contributed by atoms with Crippen LogP contribution in [0.15, 0.2) is 72.8 Å². The van der Waals surface area contributed by atoms with Crippen molar-refractivity contribution >= 4 is 39.1 Å². The number of carbonyl (C=O) groups is 2. The van der Waals surface area contributed by atoms with Gasteiger partial charge in [0.25, 0.3) is 0 Å². The number of rotatable bonds is 12. The molecule has 9 heteroatoms. The molecule has 1 N–H and O–H groups in total. The molecule has 0 aromatic heterocycles. The van der Waals surface area contributed by atoms with Crippen LogP contribution >= 0.6 is 11.6 Å². The summed E-state index contributed by atoms with van der Waals surface area (Å²) in [4.78, 5) is 29.3. The zero-order valence-electron chi connectivity index (χ0n) is 23.7. The number of nitrogens with zero attached hydrogens (tertiary/aromatic N) is 2. The quantitative estimate of drug-likeness (QED) is 0.314. The Morgan fingerprint density at radius 1 is 0.950 bits per heavy atom. The van der Waals surface area contributed by atoms with Gasteiger partial charge in [-0.05, 0) is 56.0 Å². The normalized spacial score (nSPS) is 12.8. The third-order valence-corrected chi connectivity index (χ3v) is 8.23. The molecule has 0 saturated heterocycles. The minimum Gasteiger partial charge on any atom is -0.352 e. The molecule has 0 fully saturated rings. The number of benzene rings is 3. The van der Waals surface area contributed by atoms with E-state index in [4.69, 9.17) is 11.6 Å². The van der Waals surface area contributed by atoms with Crippen molar-refractivity contribution in [1.82, 2.24) is 10.2 Å². The number of anilines is 1. The molecule has 0 bridgehead atoms. The maximum absolute atomic E-state index is 14.1. The van der Waals surface area contributed by atoms with E-state index in [9.17, 15) is 18.0 Å². The minimum atomic E-state index is -3.87. The van der Waals surface area contributed by atoms with Crippen molar-refractivity contribution in [2.45, 2.75) is 59.2 Å². The minimum absolute atomic E-state index is 0.0938. The van der Waals surface area contributed by atoms with E-state index in [1.54, 1.807) is 19.1 Å². The zero-order chi connectivity index (χ0) is 29.4. The predicted octanol–water partition coefficient (Wildman–Crippen LogP) is 5.28. The van der Waals surface area contributed by atoms with E-state index in [0.29, 0.717) is 16.3 Å². The fourth-order valence-corrected chi connectivity index (χ4v) is 5.40. The van der Waals surface area contributed by atoms with Crippen molar-refractivity contribution in [2.24, 2.45) is 0 Å². The Balaban J connectivity index is 2.08. The molecule has 2 atom stereocenters. The topological polar surface area (TPSA) is 86.8 Å². The Hall–Kier alpha value is -3.36. The van der Waals surface area contributed by atoms with Gasteiger partial charge in [0.1, 0.15) is 12.6 Å². The van der Waals surface area contributed by atoms with E-state index in [1.165, 1.54) is 11.0 Å². The number of carbonyl (C=O) groups excluding carboxylic acids is 2. The molecule has 214 valence electrons. The van der Waals surface area contributed by atoms with Crippen LogP contribution < -0.4 is 9.62 Å². The SMILES string of the molecule is CC[C@@H](C)NC(=O)[C@@H](Cc1ccccc1)N(Cc1ccc(C)cc1)C(=O)CN(c1cc(Cl)ccc1C)S(C)(=O)=O. The van der Waals surface area contributed by atoms with Gasteiger partial charge in [0, 0.05) is 24.0 Å². The summed E-state index contributed by atoms with van der Waals surface area (Å²) in [5.74, 6) is -0.783. The molecule has 2 amide bonds. The summed E-state index contributed by atoms with van der Waals surface area (Å²) >= 11 is 6.20. The van der Waals surface area contributed by atoms with Crippen LogP contribution in [0.3, 0.4) is 0 Å². The second-order valence-electron chi connectivity index (χ2n) is 10.2. The molecule has 0 aliphatic carbocycles. The first kappa shape index (κ1) is 31.2. The Bertz CT molecular complexity index is 1410. The van der Waals surface area contributed by atoms with Gasteiger partial charge in [0.15, 0.2) is 0 Å². The van der Waals surface area contributed by atoms with Gasteiger partial charge in [-0.15, -0.1) is 0 Å². The summed E-state index contributed by atoms with van der Waals surface area (Å²) in [7, 11) is -3.87. The summed E-state index contributed by atoms with van der Waals surface area (Å²) < 4.78 is 27.0. The molecule has 3 aromatic rings. The number of hydrogen-bond donors (Lipinski definition) is 1. The van der Waals surface area contributed by atoms with Crippen LogP contribution in [-0.2, 0) is 32.6 Å². The molecular formula is C31H38ClN3O4S. The lowest BCUT2D eigenvalue weighted by atomic mass is 10.0. The summed E-state index contributed by atoms with van der Waals surface area (Å²) in [5.41, 5.74) is 3.76. The highest BCUT2D eigenvalue weighted by Crippen LogP contribution is 2.27. The van der Waals surface area contributed by atoms with Gasteiger partial charge in [-0.2, -0.15) is 0 Å². The highest BCUT2D eigenvalue weighted by molar-refractivity contribution is 7.92. The van der Waals surface area contributed by atoms with Crippen molar-refractivity contribution < 1.29 is 18.0 Å². The molecule has 0 radical (unpaired) electrons. The Morgan fingerprint density at radius 3 is 2.20 bits per heavy atom. The van der Waals surface area contributed by atoms with E-state index in [0.717, 1.165) is 33.7 Å².